The highest BCUT2D eigenvalue weighted by Crippen LogP contribution is 2.30. The molecular formula is C21H22N4O. The molecule has 1 unspecified atom stereocenters. The van der Waals surface area contributed by atoms with E-state index >= 15 is 0 Å². The van der Waals surface area contributed by atoms with Crippen LogP contribution in [0.3, 0.4) is 0 Å². The van der Waals surface area contributed by atoms with E-state index in [1.165, 1.54) is 6.21 Å². The number of nitrogens with one attached hydrogen (secondary N) is 3. The van der Waals surface area contributed by atoms with E-state index in [4.69, 9.17) is 11.1 Å². The molecule has 26 heavy (non-hydrogen) atoms. The predicted molar refractivity (Wildman–Crippen MR) is 107 cm³/mol. The van der Waals surface area contributed by atoms with Crippen LogP contribution in [0.2, 0.25) is 0 Å². The molecule has 1 aliphatic heterocycles. The molecule has 0 aliphatic carbocycles. The SMILES string of the molecule is CC1=C(c2ccc(N)c(C=N)c2)C(/C(C)=C/c2ccccc2)NC(=O)N1. The summed E-state index contributed by atoms with van der Waals surface area (Å²) >= 11 is 0. The van der Waals surface area contributed by atoms with Crippen LogP contribution in [0, 0.1) is 5.41 Å². The topological polar surface area (TPSA) is 91.0 Å². The van der Waals surface area contributed by atoms with Crippen molar-refractivity contribution in [2.24, 2.45) is 0 Å². The lowest BCUT2D eigenvalue weighted by atomic mass is 9.89. The molecule has 3 rings (SSSR count). The highest BCUT2D eigenvalue weighted by Gasteiger charge is 2.27. The second-order valence-corrected chi connectivity index (χ2v) is 6.36. The minimum absolute atomic E-state index is 0.222. The largest absolute Gasteiger partial charge is 0.398 e. The van der Waals surface area contributed by atoms with Crippen LogP contribution < -0.4 is 16.4 Å². The van der Waals surface area contributed by atoms with Crippen LogP contribution in [-0.2, 0) is 0 Å². The van der Waals surface area contributed by atoms with Crippen molar-refractivity contribution in [3.63, 3.8) is 0 Å². The van der Waals surface area contributed by atoms with Gasteiger partial charge in [0.2, 0.25) is 0 Å². The first kappa shape index (κ1) is 17.5. The fourth-order valence-electron chi connectivity index (χ4n) is 3.18. The second-order valence-electron chi connectivity index (χ2n) is 6.36. The Labute approximate surface area is 153 Å². The van der Waals surface area contributed by atoms with Crippen LogP contribution in [0.5, 0.6) is 0 Å². The first-order chi connectivity index (χ1) is 12.5. The van der Waals surface area contributed by atoms with Crippen LogP contribution in [0.15, 0.2) is 59.8 Å². The van der Waals surface area contributed by atoms with Gasteiger partial charge in [-0.05, 0) is 42.7 Å². The Balaban J connectivity index is 2.08. The molecule has 1 heterocycles. The van der Waals surface area contributed by atoms with E-state index in [-0.39, 0.29) is 12.1 Å². The second kappa shape index (κ2) is 7.27. The number of carbonyl (C=O) groups is 1. The molecular weight excluding hydrogens is 324 g/mol. The van der Waals surface area contributed by atoms with Crippen molar-refractivity contribution >= 4 is 29.6 Å². The van der Waals surface area contributed by atoms with Crippen molar-refractivity contribution < 1.29 is 4.79 Å². The van der Waals surface area contributed by atoms with Gasteiger partial charge in [-0.3, -0.25) is 0 Å². The third kappa shape index (κ3) is 3.52. The van der Waals surface area contributed by atoms with Gasteiger partial charge < -0.3 is 21.8 Å². The maximum absolute atomic E-state index is 12.1. The van der Waals surface area contributed by atoms with Crippen LogP contribution in [0.25, 0.3) is 11.6 Å². The maximum atomic E-state index is 12.1. The standard InChI is InChI=1S/C21H22N4O/c1-13(10-15-6-4-3-5-7-15)20-19(14(2)24-21(26)25-20)16-8-9-18(23)17(11-16)12-22/h3-12,20,22H,23H2,1-2H3,(H2,24,25,26)/b13-10+,22-12?. The summed E-state index contributed by atoms with van der Waals surface area (Å²) in [6.07, 6.45) is 3.31. The van der Waals surface area contributed by atoms with E-state index in [9.17, 15) is 4.79 Å². The van der Waals surface area contributed by atoms with Gasteiger partial charge in [-0.2, -0.15) is 0 Å². The summed E-state index contributed by atoms with van der Waals surface area (Å²) in [6, 6.07) is 15.1. The lowest BCUT2D eigenvalue weighted by Gasteiger charge is -2.30. The highest BCUT2D eigenvalue weighted by molar-refractivity contribution is 5.92. The summed E-state index contributed by atoms with van der Waals surface area (Å²) in [5.41, 5.74) is 11.9. The van der Waals surface area contributed by atoms with E-state index in [0.717, 1.165) is 28.0 Å². The van der Waals surface area contributed by atoms with E-state index in [2.05, 4.69) is 16.7 Å². The van der Waals surface area contributed by atoms with Crippen molar-refractivity contribution in [1.82, 2.24) is 10.6 Å². The number of carbonyl (C=O) groups excluding carboxylic acids is 1. The normalized spacial score (nSPS) is 17.5. The zero-order valence-electron chi connectivity index (χ0n) is 14.8. The number of benzene rings is 2. The molecule has 132 valence electrons. The number of urea groups is 1. The van der Waals surface area contributed by atoms with Crippen LogP contribution in [0.4, 0.5) is 10.5 Å². The Morgan fingerprint density at radius 1 is 1.19 bits per heavy atom. The smallest absolute Gasteiger partial charge is 0.319 e. The Morgan fingerprint density at radius 2 is 1.92 bits per heavy atom. The summed E-state index contributed by atoms with van der Waals surface area (Å²) < 4.78 is 0. The molecule has 5 heteroatoms. The van der Waals surface area contributed by atoms with Crippen molar-refractivity contribution in [1.29, 1.82) is 5.41 Å². The molecule has 0 spiro atoms. The molecule has 0 aromatic heterocycles. The van der Waals surface area contributed by atoms with Crippen LogP contribution in [-0.4, -0.2) is 18.3 Å². The van der Waals surface area contributed by atoms with E-state index in [0.29, 0.717) is 11.3 Å². The summed E-state index contributed by atoms with van der Waals surface area (Å²) in [5.74, 6) is 0. The molecule has 0 radical (unpaired) electrons. The van der Waals surface area contributed by atoms with Gasteiger partial charge in [0.1, 0.15) is 0 Å². The number of nitrogens with two attached hydrogens (primary N) is 1. The molecule has 0 saturated carbocycles. The Hall–Kier alpha value is -3.34. The molecule has 2 amide bonds. The Bertz CT molecular complexity index is 913. The van der Waals surface area contributed by atoms with Gasteiger partial charge in [-0.25, -0.2) is 4.79 Å². The third-order valence-corrected chi connectivity index (χ3v) is 4.47. The molecule has 5 N–H and O–H groups in total. The molecule has 2 aromatic carbocycles. The average molecular weight is 346 g/mol. The number of hydrogen-bond acceptors (Lipinski definition) is 3. The number of allylic oxidation sites excluding steroid dienone is 1. The van der Waals surface area contributed by atoms with Gasteiger partial charge in [-0.1, -0.05) is 42.5 Å². The van der Waals surface area contributed by atoms with Gasteiger partial charge >= 0.3 is 6.03 Å². The number of hydrogen-bond donors (Lipinski definition) is 4. The summed E-state index contributed by atoms with van der Waals surface area (Å²) in [4.78, 5) is 12.1. The Kier molecular flexibility index (Phi) is 4.89. The minimum atomic E-state index is -0.258. The first-order valence-corrected chi connectivity index (χ1v) is 8.41. The van der Waals surface area contributed by atoms with Gasteiger partial charge in [0.15, 0.2) is 0 Å². The molecule has 5 nitrogen and oxygen atoms in total. The molecule has 0 fully saturated rings. The summed E-state index contributed by atoms with van der Waals surface area (Å²) in [6.45, 7) is 3.89. The molecule has 1 atom stereocenters. The average Bonchev–Trinajstić information content (AvgIpc) is 2.62. The number of nitrogen functional groups attached to an aromatic ring is 1. The van der Waals surface area contributed by atoms with Crippen LogP contribution in [0.1, 0.15) is 30.5 Å². The minimum Gasteiger partial charge on any atom is -0.398 e. The van der Waals surface area contributed by atoms with Crippen molar-refractivity contribution in [3.8, 4) is 0 Å². The quantitative estimate of drug-likeness (QED) is 0.501. The van der Waals surface area contributed by atoms with Crippen molar-refractivity contribution in [2.75, 3.05) is 5.73 Å². The zero-order valence-corrected chi connectivity index (χ0v) is 14.8. The van der Waals surface area contributed by atoms with Gasteiger partial charge in [0.05, 0.1) is 6.04 Å². The molecule has 0 saturated heterocycles. The van der Waals surface area contributed by atoms with Gasteiger partial charge in [0.25, 0.3) is 0 Å². The predicted octanol–water partition coefficient (Wildman–Crippen LogP) is 3.78. The lowest BCUT2D eigenvalue weighted by Crippen LogP contribution is -2.47. The van der Waals surface area contributed by atoms with Gasteiger partial charge in [-0.15, -0.1) is 0 Å². The fourth-order valence-corrected chi connectivity index (χ4v) is 3.18. The maximum Gasteiger partial charge on any atom is 0.319 e. The van der Waals surface area contributed by atoms with Crippen LogP contribution >= 0.6 is 0 Å². The van der Waals surface area contributed by atoms with E-state index in [1.807, 2.05) is 56.3 Å². The Morgan fingerprint density at radius 3 is 2.62 bits per heavy atom. The van der Waals surface area contributed by atoms with Gasteiger partial charge in [0, 0.05) is 28.7 Å². The fraction of sp³-hybridized carbons (Fsp3) is 0.143. The van der Waals surface area contributed by atoms with Crippen molar-refractivity contribution in [3.05, 3.63) is 76.5 Å². The number of amides is 2. The molecule has 0 bridgehead atoms. The summed E-state index contributed by atoms with van der Waals surface area (Å²) in [5, 5.41) is 13.4. The molecule has 1 aliphatic rings. The lowest BCUT2D eigenvalue weighted by molar-refractivity contribution is 0.241. The summed E-state index contributed by atoms with van der Waals surface area (Å²) in [7, 11) is 0. The third-order valence-electron chi connectivity index (χ3n) is 4.47. The highest BCUT2D eigenvalue weighted by atomic mass is 16.2. The first-order valence-electron chi connectivity index (χ1n) is 8.41. The van der Waals surface area contributed by atoms with E-state index in [1.54, 1.807) is 6.07 Å². The zero-order chi connectivity index (χ0) is 18.7. The number of rotatable bonds is 4. The monoisotopic (exact) mass is 346 g/mol. The van der Waals surface area contributed by atoms with Crippen molar-refractivity contribution in [2.45, 2.75) is 19.9 Å². The van der Waals surface area contributed by atoms with E-state index < -0.39 is 0 Å². The number of anilines is 1. The molecule has 2 aromatic rings.